The summed E-state index contributed by atoms with van der Waals surface area (Å²) in [6, 6.07) is 0. The molecule has 0 radical (unpaired) electrons. The van der Waals surface area contributed by atoms with Crippen molar-refractivity contribution >= 4 is 11.8 Å². The summed E-state index contributed by atoms with van der Waals surface area (Å²) in [4.78, 5) is 23.7. The van der Waals surface area contributed by atoms with Crippen molar-refractivity contribution in [3.05, 3.63) is 23.8 Å². The number of ketones is 1. The molecule has 7 atom stereocenters. The number of aliphatic hydroxyl groups is 1. The van der Waals surface area contributed by atoms with Gasteiger partial charge in [0.2, 0.25) is 0 Å². The molecule has 3 saturated carbocycles. The van der Waals surface area contributed by atoms with Crippen LogP contribution in [-0.2, 0) is 9.59 Å². The van der Waals surface area contributed by atoms with Gasteiger partial charge in [0.05, 0.1) is 5.92 Å². The van der Waals surface area contributed by atoms with Gasteiger partial charge >= 0.3 is 5.97 Å². The summed E-state index contributed by atoms with van der Waals surface area (Å²) in [6.45, 7) is 4.27. The minimum absolute atomic E-state index is 0.0179. The normalized spacial score (nSPS) is 48.4. The molecule has 0 aliphatic heterocycles. The third kappa shape index (κ3) is 2.16. The lowest BCUT2D eigenvalue weighted by Crippen LogP contribution is -2.53. The second kappa shape index (κ2) is 5.54. The van der Waals surface area contributed by atoms with Gasteiger partial charge in [-0.25, -0.2) is 0 Å². The van der Waals surface area contributed by atoms with Crippen LogP contribution in [-0.4, -0.2) is 28.6 Å². The highest BCUT2D eigenvalue weighted by Crippen LogP contribution is 2.67. The molecule has 136 valence electrons. The van der Waals surface area contributed by atoms with Crippen LogP contribution in [0.15, 0.2) is 23.8 Å². The molecule has 2 N–H and O–H groups in total. The van der Waals surface area contributed by atoms with Crippen LogP contribution in [0, 0.1) is 40.4 Å². The number of allylic oxidation sites excluding steroid dienone is 4. The van der Waals surface area contributed by atoms with Crippen LogP contribution in [0.4, 0.5) is 0 Å². The number of carboxylic acid groups (broad SMARTS) is 1. The fraction of sp³-hybridized carbons (Fsp3) is 0.714. The van der Waals surface area contributed by atoms with E-state index in [1.165, 1.54) is 5.57 Å². The van der Waals surface area contributed by atoms with Crippen molar-refractivity contribution in [3.8, 4) is 0 Å². The zero-order chi connectivity index (χ0) is 18.0. The average molecular weight is 344 g/mol. The van der Waals surface area contributed by atoms with E-state index in [1.807, 2.05) is 13.0 Å². The van der Waals surface area contributed by atoms with E-state index in [9.17, 15) is 19.8 Å². The Labute approximate surface area is 149 Å². The molecule has 0 aromatic rings. The van der Waals surface area contributed by atoms with Crippen LogP contribution in [0.5, 0.6) is 0 Å². The van der Waals surface area contributed by atoms with Gasteiger partial charge in [0.1, 0.15) is 0 Å². The monoisotopic (exact) mass is 344 g/mol. The van der Waals surface area contributed by atoms with Gasteiger partial charge in [0, 0.05) is 17.4 Å². The first-order valence-electron chi connectivity index (χ1n) is 9.61. The Bertz CT molecular complexity index is 677. The van der Waals surface area contributed by atoms with Gasteiger partial charge in [-0.3, -0.25) is 9.59 Å². The predicted octanol–water partition coefficient (Wildman–Crippen LogP) is 3.21. The molecule has 0 aromatic carbocycles. The molecule has 0 bridgehead atoms. The molecule has 4 heteroatoms. The van der Waals surface area contributed by atoms with Crippen LogP contribution in [0.1, 0.15) is 46.0 Å². The van der Waals surface area contributed by atoms with Gasteiger partial charge in [-0.1, -0.05) is 25.5 Å². The first-order valence-corrected chi connectivity index (χ1v) is 9.61. The summed E-state index contributed by atoms with van der Waals surface area (Å²) < 4.78 is 0. The summed E-state index contributed by atoms with van der Waals surface area (Å²) in [5.41, 5.74) is 0.708. The zero-order valence-electron chi connectivity index (χ0n) is 15.1. The maximum atomic E-state index is 11.9. The topological polar surface area (TPSA) is 74.6 Å². The van der Waals surface area contributed by atoms with Crippen molar-refractivity contribution in [2.75, 3.05) is 6.61 Å². The summed E-state index contributed by atoms with van der Waals surface area (Å²) >= 11 is 0. The number of rotatable bonds is 2. The van der Waals surface area contributed by atoms with Gasteiger partial charge in [-0.05, 0) is 67.9 Å². The Kier molecular flexibility index (Phi) is 3.77. The Hall–Kier alpha value is -1.42. The van der Waals surface area contributed by atoms with Crippen molar-refractivity contribution in [2.24, 2.45) is 40.4 Å². The molecular weight excluding hydrogens is 316 g/mol. The first kappa shape index (κ1) is 17.0. The largest absolute Gasteiger partial charge is 0.481 e. The van der Waals surface area contributed by atoms with Crippen molar-refractivity contribution < 1.29 is 19.8 Å². The van der Waals surface area contributed by atoms with Crippen molar-refractivity contribution in [1.82, 2.24) is 0 Å². The smallest absolute Gasteiger partial charge is 0.307 e. The van der Waals surface area contributed by atoms with Gasteiger partial charge in [0.15, 0.2) is 5.78 Å². The number of aliphatic carboxylic acids is 1. The molecule has 25 heavy (non-hydrogen) atoms. The number of fused-ring (bicyclic) bond motifs is 5. The highest BCUT2D eigenvalue weighted by molar-refractivity contribution is 6.01. The second-order valence-corrected chi connectivity index (χ2v) is 9.06. The third-order valence-electron chi connectivity index (χ3n) is 8.19. The Morgan fingerprint density at radius 2 is 2.08 bits per heavy atom. The van der Waals surface area contributed by atoms with E-state index >= 15 is 0 Å². The van der Waals surface area contributed by atoms with Crippen LogP contribution in [0.2, 0.25) is 0 Å². The van der Waals surface area contributed by atoms with Gasteiger partial charge in [0.25, 0.3) is 0 Å². The van der Waals surface area contributed by atoms with Crippen molar-refractivity contribution in [3.63, 3.8) is 0 Å². The number of aliphatic hydroxyl groups excluding tert-OH is 1. The Morgan fingerprint density at radius 3 is 2.76 bits per heavy atom. The number of hydrogen-bond donors (Lipinski definition) is 2. The van der Waals surface area contributed by atoms with E-state index in [-0.39, 0.29) is 29.6 Å². The summed E-state index contributed by atoms with van der Waals surface area (Å²) in [5, 5.41) is 20.1. The van der Waals surface area contributed by atoms with Gasteiger partial charge < -0.3 is 10.2 Å². The molecule has 0 saturated heterocycles. The third-order valence-corrected chi connectivity index (χ3v) is 8.19. The molecule has 0 heterocycles. The number of carbonyl (C=O) groups is 2. The van der Waals surface area contributed by atoms with E-state index in [4.69, 9.17) is 0 Å². The Morgan fingerprint density at radius 1 is 1.32 bits per heavy atom. The molecule has 0 spiro atoms. The summed E-state index contributed by atoms with van der Waals surface area (Å²) in [7, 11) is 0. The number of carboxylic acids is 1. The van der Waals surface area contributed by atoms with E-state index in [0.717, 1.165) is 32.1 Å². The van der Waals surface area contributed by atoms with Gasteiger partial charge in [-0.15, -0.1) is 0 Å². The maximum Gasteiger partial charge on any atom is 0.307 e. The van der Waals surface area contributed by atoms with Crippen LogP contribution in [0.3, 0.4) is 0 Å². The fourth-order valence-electron chi connectivity index (χ4n) is 7.12. The van der Waals surface area contributed by atoms with Gasteiger partial charge in [-0.2, -0.15) is 0 Å². The predicted molar refractivity (Wildman–Crippen MR) is 93.7 cm³/mol. The van der Waals surface area contributed by atoms with E-state index in [2.05, 4.69) is 13.0 Å². The van der Waals surface area contributed by atoms with E-state index < -0.39 is 17.3 Å². The lowest BCUT2D eigenvalue weighted by molar-refractivity contribution is -0.154. The van der Waals surface area contributed by atoms with Crippen LogP contribution >= 0.6 is 0 Å². The zero-order valence-corrected chi connectivity index (χ0v) is 15.1. The second-order valence-electron chi connectivity index (χ2n) is 9.06. The highest BCUT2D eigenvalue weighted by atomic mass is 16.4. The molecule has 0 unspecified atom stereocenters. The molecule has 4 nitrogen and oxygen atoms in total. The minimum atomic E-state index is -0.742. The minimum Gasteiger partial charge on any atom is -0.481 e. The van der Waals surface area contributed by atoms with Crippen LogP contribution < -0.4 is 0 Å². The SMILES string of the molecule is C[C@@H]1C[C@H]2[C@@H]3CCC4=CC(=O)C=C[C@]4(C)[C@H]3CC[C@]2(CO)[C@H]1C(=O)O. The quantitative estimate of drug-likeness (QED) is 0.806. The van der Waals surface area contributed by atoms with E-state index in [0.29, 0.717) is 11.8 Å². The van der Waals surface area contributed by atoms with E-state index in [1.54, 1.807) is 6.08 Å². The maximum absolute atomic E-state index is 11.9. The molecule has 4 aliphatic carbocycles. The van der Waals surface area contributed by atoms with Crippen molar-refractivity contribution in [1.29, 1.82) is 0 Å². The molecule has 0 aromatic heterocycles. The number of carbonyl (C=O) groups excluding carboxylic acids is 1. The molecule has 3 fully saturated rings. The number of hydrogen-bond acceptors (Lipinski definition) is 3. The summed E-state index contributed by atoms with van der Waals surface area (Å²) in [5.74, 6) is 0.184. The van der Waals surface area contributed by atoms with Crippen LogP contribution in [0.25, 0.3) is 0 Å². The highest BCUT2D eigenvalue weighted by Gasteiger charge is 2.63. The molecule has 4 aliphatic rings. The lowest BCUT2D eigenvalue weighted by atomic mass is 9.47. The Balaban J connectivity index is 1.72. The molecule has 0 amide bonds. The summed E-state index contributed by atoms with van der Waals surface area (Å²) in [6.07, 6.45) is 10.2. The average Bonchev–Trinajstić information content (AvgIpc) is 2.88. The molecule has 4 rings (SSSR count). The standard InChI is InChI=1S/C21H28O4/c1-12-9-17-15-4-3-13-10-14(23)5-7-20(13,2)16(15)6-8-21(17,11-22)18(12)19(24)25/h5,7,10,12,15-18,22H,3-4,6,8-9,11H2,1-2H3,(H,24,25)/t12-,15-,16+,17+,18-,20+,21-/m1/s1. The lowest BCUT2D eigenvalue weighted by Gasteiger charge is -2.57. The van der Waals surface area contributed by atoms with Crippen molar-refractivity contribution in [2.45, 2.75) is 46.0 Å². The molecular formula is C21H28O4. The first-order chi connectivity index (χ1) is 11.8. The fourth-order valence-corrected chi connectivity index (χ4v) is 7.12.